The summed E-state index contributed by atoms with van der Waals surface area (Å²) < 4.78 is 6.14. The quantitative estimate of drug-likeness (QED) is 0.161. The average molecular weight is 554 g/mol. The molecule has 2 N–H and O–H groups in total. The Bertz CT molecular complexity index is 1670. The summed E-state index contributed by atoms with van der Waals surface area (Å²) in [5, 5.41) is 4.67. The van der Waals surface area contributed by atoms with Crippen LogP contribution in [-0.4, -0.2) is 19.9 Å². The van der Waals surface area contributed by atoms with E-state index >= 15 is 0 Å². The van der Waals surface area contributed by atoms with Gasteiger partial charge in [-0.2, -0.15) is 0 Å². The second-order valence-corrected chi connectivity index (χ2v) is 10.5. The molecule has 3 aromatic heterocycles. The smallest absolute Gasteiger partial charge is 0.120 e. The number of nitrogens with zero attached hydrogens (tertiary/aromatic N) is 3. The first-order valence-electron chi connectivity index (χ1n) is 14.4. The minimum absolute atomic E-state index is 0.548. The standard InChI is InChI=1S/C36H35N5O/c1-2-8-30(9-3-1)27-42-34-16-17-36-35(20-34)31(22-40-36)25-41(26-33-11-5-7-19-39-33)24-29-14-12-28(13-15-29)21-37-23-32-10-4-6-18-38-32/h1-20,22,37,40H,21,23-27H2. The number of ether oxygens (including phenoxy) is 1. The molecule has 6 aromatic rings. The molecule has 0 atom stereocenters. The first-order chi connectivity index (χ1) is 20.8. The average Bonchev–Trinajstić information content (AvgIpc) is 3.44. The van der Waals surface area contributed by atoms with E-state index in [1.54, 1.807) is 0 Å². The van der Waals surface area contributed by atoms with Crippen LogP contribution in [0.3, 0.4) is 0 Å². The highest BCUT2D eigenvalue weighted by Crippen LogP contribution is 2.26. The van der Waals surface area contributed by atoms with Crippen molar-refractivity contribution in [3.63, 3.8) is 0 Å². The lowest BCUT2D eigenvalue weighted by molar-refractivity contribution is 0.245. The third-order valence-corrected chi connectivity index (χ3v) is 7.28. The molecule has 3 heterocycles. The zero-order valence-corrected chi connectivity index (χ0v) is 23.6. The number of benzene rings is 3. The Hall–Kier alpha value is -4.78. The summed E-state index contributed by atoms with van der Waals surface area (Å²) in [5.41, 5.74) is 8.13. The van der Waals surface area contributed by atoms with Gasteiger partial charge in [-0.15, -0.1) is 0 Å². The van der Waals surface area contributed by atoms with Crippen molar-refractivity contribution >= 4 is 10.9 Å². The van der Waals surface area contributed by atoms with Crippen LogP contribution in [0.15, 0.2) is 128 Å². The Morgan fingerprint density at radius 3 is 2.14 bits per heavy atom. The van der Waals surface area contributed by atoms with E-state index in [4.69, 9.17) is 4.74 Å². The lowest BCUT2D eigenvalue weighted by atomic mass is 10.1. The minimum atomic E-state index is 0.548. The molecule has 210 valence electrons. The molecule has 0 saturated carbocycles. The molecule has 0 spiro atoms. The van der Waals surface area contributed by atoms with Crippen molar-refractivity contribution in [2.45, 2.75) is 39.3 Å². The van der Waals surface area contributed by atoms with Crippen molar-refractivity contribution in [2.75, 3.05) is 0 Å². The zero-order valence-electron chi connectivity index (χ0n) is 23.6. The second kappa shape index (κ2) is 13.7. The molecule has 6 rings (SSSR count). The summed E-state index contributed by atoms with van der Waals surface area (Å²) in [5.74, 6) is 0.871. The first-order valence-corrected chi connectivity index (χ1v) is 14.4. The number of aromatic amines is 1. The molecule has 42 heavy (non-hydrogen) atoms. The highest BCUT2D eigenvalue weighted by Gasteiger charge is 2.13. The number of aromatic nitrogens is 3. The predicted molar refractivity (Wildman–Crippen MR) is 167 cm³/mol. The normalized spacial score (nSPS) is 11.3. The van der Waals surface area contributed by atoms with Crippen LogP contribution in [0.4, 0.5) is 0 Å². The van der Waals surface area contributed by atoms with E-state index < -0.39 is 0 Å². The lowest BCUT2D eigenvalue weighted by Gasteiger charge is -2.22. The topological polar surface area (TPSA) is 66.1 Å². The van der Waals surface area contributed by atoms with Crippen molar-refractivity contribution in [3.8, 4) is 5.75 Å². The fraction of sp³-hybridized carbons (Fsp3) is 0.167. The Balaban J connectivity index is 1.14. The molecule has 0 aliphatic heterocycles. The molecule has 6 nitrogen and oxygen atoms in total. The molecule has 6 heteroatoms. The van der Waals surface area contributed by atoms with E-state index in [0.29, 0.717) is 6.61 Å². The Kier molecular flexibility index (Phi) is 8.95. The van der Waals surface area contributed by atoms with Gasteiger partial charge in [-0.05, 0) is 64.7 Å². The van der Waals surface area contributed by atoms with Crippen LogP contribution in [0.25, 0.3) is 10.9 Å². The summed E-state index contributed by atoms with van der Waals surface area (Å²) in [6.07, 6.45) is 5.81. The van der Waals surface area contributed by atoms with Gasteiger partial charge in [0, 0.05) is 62.2 Å². The maximum absolute atomic E-state index is 6.14. The maximum atomic E-state index is 6.14. The molecular formula is C36H35N5O. The van der Waals surface area contributed by atoms with Crippen LogP contribution < -0.4 is 10.1 Å². The Labute approximate surface area is 247 Å². The largest absolute Gasteiger partial charge is 0.489 e. The van der Waals surface area contributed by atoms with Gasteiger partial charge in [0.15, 0.2) is 0 Å². The van der Waals surface area contributed by atoms with Crippen LogP contribution >= 0.6 is 0 Å². The summed E-state index contributed by atoms with van der Waals surface area (Å²) in [6, 6.07) is 37.5. The van der Waals surface area contributed by atoms with E-state index in [0.717, 1.165) is 60.9 Å². The van der Waals surface area contributed by atoms with Gasteiger partial charge in [0.1, 0.15) is 12.4 Å². The molecule has 0 aliphatic carbocycles. The molecule has 0 bridgehead atoms. The van der Waals surface area contributed by atoms with Crippen molar-refractivity contribution in [2.24, 2.45) is 0 Å². The van der Waals surface area contributed by atoms with Crippen LogP contribution in [0, 0.1) is 0 Å². The van der Waals surface area contributed by atoms with Gasteiger partial charge in [0.25, 0.3) is 0 Å². The maximum Gasteiger partial charge on any atom is 0.120 e. The molecule has 0 amide bonds. The number of hydrogen-bond acceptors (Lipinski definition) is 5. The zero-order chi connectivity index (χ0) is 28.4. The summed E-state index contributed by atoms with van der Waals surface area (Å²) in [4.78, 5) is 14.9. The predicted octanol–water partition coefficient (Wildman–Crippen LogP) is 7.03. The fourth-order valence-electron chi connectivity index (χ4n) is 5.11. The lowest BCUT2D eigenvalue weighted by Crippen LogP contribution is -2.23. The molecule has 0 radical (unpaired) electrons. The number of nitrogens with one attached hydrogen (secondary N) is 2. The van der Waals surface area contributed by atoms with E-state index in [1.165, 1.54) is 22.1 Å². The van der Waals surface area contributed by atoms with Crippen LogP contribution in [0.5, 0.6) is 5.75 Å². The first kappa shape index (κ1) is 27.4. The monoisotopic (exact) mass is 553 g/mol. The number of H-pyrrole nitrogens is 1. The van der Waals surface area contributed by atoms with Crippen LogP contribution in [-0.2, 0) is 39.3 Å². The van der Waals surface area contributed by atoms with Crippen molar-refractivity contribution in [1.82, 2.24) is 25.2 Å². The summed E-state index contributed by atoms with van der Waals surface area (Å²) in [7, 11) is 0. The highest BCUT2D eigenvalue weighted by molar-refractivity contribution is 5.84. The summed E-state index contributed by atoms with van der Waals surface area (Å²) in [6.45, 7) is 4.46. The van der Waals surface area contributed by atoms with Gasteiger partial charge in [-0.25, -0.2) is 0 Å². The van der Waals surface area contributed by atoms with Crippen LogP contribution in [0.1, 0.15) is 33.6 Å². The number of rotatable bonds is 13. The van der Waals surface area contributed by atoms with Crippen molar-refractivity contribution < 1.29 is 4.74 Å². The van der Waals surface area contributed by atoms with E-state index in [1.807, 2.05) is 60.9 Å². The van der Waals surface area contributed by atoms with Crippen molar-refractivity contribution in [3.05, 3.63) is 161 Å². The summed E-state index contributed by atoms with van der Waals surface area (Å²) >= 11 is 0. The molecule has 0 saturated heterocycles. The van der Waals surface area contributed by atoms with Gasteiger partial charge in [0.05, 0.1) is 11.4 Å². The van der Waals surface area contributed by atoms with Crippen LogP contribution in [0.2, 0.25) is 0 Å². The number of fused-ring (bicyclic) bond motifs is 1. The molecule has 0 aliphatic rings. The molecule has 0 unspecified atom stereocenters. The number of hydrogen-bond donors (Lipinski definition) is 2. The molecular weight excluding hydrogens is 518 g/mol. The molecule has 0 fully saturated rings. The van der Waals surface area contributed by atoms with Gasteiger partial charge in [0.2, 0.25) is 0 Å². The van der Waals surface area contributed by atoms with Gasteiger partial charge in [-0.1, -0.05) is 66.7 Å². The second-order valence-electron chi connectivity index (χ2n) is 10.5. The van der Waals surface area contributed by atoms with E-state index in [2.05, 4.69) is 92.0 Å². The molecule has 3 aromatic carbocycles. The van der Waals surface area contributed by atoms with Crippen molar-refractivity contribution in [1.29, 1.82) is 0 Å². The SMILES string of the molecule is c1ccc(COc2ccc3[nH]cc(CN(Cc4ccc(CNCc5ccccn5)cc4)Cc4ccccn4)c3c2)cc1. The van der Waals surface area contributed by atoms with Gasteiger partial charge >= 0.3 is 0 Å². The van der Waals surface area contributed by atoms with E-state index in [9.17, 15) is 0 Å². The fourth-order valence-corrected chi connectivity index (χ4v) is 5.11. The Morgan fingerprint density at radius 1 is 0.643 bits per heavy atom. The number of pyridine rings is 2. The van der Waals surface area contributed by atoms with Gasteiger partial charge < -0.3 is 15.0 Å². The third kappa shape index (κ3) is 7.49. The van der Waals surface area contributed by atoms with E-state index in [-0.39, 0.29) is 0 Å². The van der Waals surface area contributed by atoms with Gasteiger partial charge in [-0.3, -0.25) is 14.9 Å². The Morgan fingerprint density at radius 2 is 1.38 bits per heavy atom. The highest BCUT2D eigenvalue weighted by atomic mass is 16.5. The third-order valence-electron chi connectivity index (χ3n) is 7.28. The minimum Gasteiger partial charge on any atom is -0.489 e.